The van der Waals surface area contributed by atoms with Gasteiger partial charge in [-0.2, -0.15) is 0 Å². The van der Waals surface area contributed by atoms with Crippen LogP contribution in [0.5, 0.6) is 0 Å². The number of carbonyl (C=O) groups excluding carboxylic acids is 1. The molecule has 0 aliphatic carbocycles. The fraction of sp³-hybridized carbons (Fsp3) is 0.583. The highest BCUT2D eigenvalue weighted by atomic mass is 16.1. The van der Waals surface area contributed by atoms with Gasteiger partial charge in [0.05, 0.1) is 5.69 Å². The van der Waals surface area contributed by atoms with Gasteiger partial charge in [0, 0.05) is 19.7 Å². The second-order valence-electron chi connectivity index (χ2n) is 4.95. The molecule has 2 heteroatoms. The van der Waals surface area contributed by atoms with Crippen molar-refractivity contribution in [2.75, 3.05) is 0 Å². The highest BCUT2D eigenvalue weighted by molar-refractivity contribution is 5.92. The Kier molecular flexibility index (Phi) is 3.14. The first kappa shape index (κ1) is 11.0. The second kappa shape index (κ2) is 3.99. The molecule has 0 unspecified atom stereocenters. The maximum absolute atomic E-state index is 11.2. The van der Waals surface area contributed by atoms with Crippen LogP contribution in [-0.2, 0) is 6.54 Å². The Morgan fingerprint density at radius 1 is 1.43 bits per heavy atom. The first-order chi connectivity index (χ1) is 6.40. The van der Waals surface area contributed by atoms with Crippen LogP contribution in [-0.4, -0.2) is 10.4 Å². The summed E-state index contributed by atoms with van der Waals surface area (Å²) in [5.74, 6) is 0.143. The normalized spacial score (nSPS) is 11.7. The molecule has 0 saturated carbocycles. The van der Waals surface area contributed by atoms with E-state index in [0.29, 0.717) is 5.41 Å². The molecule has 1 heterocycles. The van der Waals surface area contributed by atoms with E-state index in [2.05, 4.69) is 20.8 Å². The molecule has 2 nitrogen and oxygen atoms in total. The van der Waals surface area contributed by atoms with Crippen LogP contribution in [0.15, 0.2) is 18.3 Å². The molecular weight excluding hydrogens is 174 g/mol. The van der Waals surface area contributed by atoms with Crippen LogP contribution in [0.1, 0.15) is 44.6 Å². The number of nitrogens with zero attached hydrogens (tertiary/aromatic N) is 1. The van der Waals surface area contributed by atoms with Crippen molar-refractivity contribution in [3.05, 3.63) is 24.0 Å². The van der Waals surface area contributed by atoms with Gasteiger partial charge in [0.15, 0.2) is 5.78 Å². The van der Waals surface area contributed by atoms with Gasteiger partial charge in [-0.25, -0.2) is 0 Å². The van der Waals surface area contributed by atoms with Crippen LogP contribution < -0.4 is 0 Å². The molecule has 0 saturated heterocycles. The summed E-state index contributed by atoms with van der Waals surface area (Å²) in [6.45, 7) is 9.17. The molecule has 0 aromatic carbocycles. The number of ketones is 1. The molecular formula is C12H19NO. The Labute approximate surface area is 85.9 Å². The molecule has 0 aliphatic rings. The Bertz CT molecular complexity index is 317. The van der Waals surface area contributed by atoms with Crippen LogP contribution in [0.3, 0.4) is 0 Å². The van der Waals surface area contributed by atoms with Gasteiger partial charge in [0.1, 0.15) is 0 Å². The SMILES string of the molecule is CC(=O)c1cccn1CCC(C)(C)C. The minimum Gasteiger partial charge on any atom is -0.345 e. The maximum Gasteiger partial charge on any atom is 0.176 e. The minimum absolute atomic E-state index is 0.143. The molecule has 78 valence electrons. The van der Waals surface area contributed by atoms with Crippen molar-refractivity contribution in [3.63, 3.8) is 0 Å². The number of aryl methyl sites for hydroxylation is 1. The maximum atomic E-state index is 11.2. The smallest absolute Gasteiger partial charge is 0.176 e. The van der Waals surface area contributed by atoms with Crippen LogP contribution in [0, 0.1) is 5.41 Å². The van der Waals surface area contributed by atoms with Gasteiger partial charge in [-0.1, -0.05) is 20.8 Å². The van der Waals surface area contributed by atoms with E-state index in [9.17, 15) is 4.79 Å². The van der Waals surface area contributed by atoms with Crippen molar-refractivity contribution < 1.29 is 4.79 Å². The molecule has 0 spiro atoms. The molecule has 1 aromatic heterocycles. The average Bonchev–Trinajstić information content (AvgIpc) is 2.46. The van der Waals surface area contributed by atoms with Gasteiger partial charge in [-0.15, -0.1) is 0 Å². The summed E-state index contributed by atoms with van der Waals surface area (Å²) >= 11 is 0. The summed E-state index contributed by atoms with van der Waals surface area (Å²) < 4.78 is 2.04. The fourth-order valence-electron chi connectivity index (χ4n) is 1.38. The zero-order valence-electron chi connectivity index (χ0n) is 9.50. The summed E-state index contributed by atoms with van der Waals surface area (Å²) in [6.07, 6.45) is 3.06. The van der Waals surface area contributed by atoms with Gasteiger partial charge in [-0.3, -0.25) is 4.79 Å². The fourth-order valence-corrected chi connectivity index (χ4v) is 1.38. The average molecular weight is 193 g/mol. The van der Waals surface area contributed by atoms with Crippen LogP contribution in [0.4, 0.5) is 0 Å². The van der Waals surface area contributed by atoms with E-state index >= 15 is 0 Å². The quantitative estimate of drug-likeness (QED) is 0.676. The summed E-state index contributed by atoms with van der Waals surface area (Å²) in [7, 11) is 0. The highest BCUT2D eigenvalue weighted by Gasteiger charge is 2.12. The van der Waals surface area contributed by atoms with Gasteiger partial charge in [0.25, 0.3) is 0 Å². The molecule has 0 fully saturated rings. The van der Waals surface area contributed by atoms with Crippen molar-refractivity contribution in [1.29, 1.82) is 0 Å². The number of hydrogen-bond donors (Lipinski definition) is 0. The number of rotatable bonds is 3. The van der Waals surface area contributed by atoms with Gasteiger partial charge in [-0.05, 0) is 24.0 Å². The Hall–Kier alpha value is -1.05. The van der Waals surface area contributed by atoms with Crippen molar-refractivity contribution in [1.82, 2.24) is 4.57 Å². The van der Waals surface area contributed by atoms with E-state index in [1.54, 1.807) is 6.92 Å². The summed E-state index contributed by atoms with van der Waals surface area (Å²) in [6, 6.07) is 3.81. The summed E-state index contributed by atoms with van der Waals surface area (Å²) in [5.41, 5.74) is 1.13. The predicted octanol–water partition coefficient (Wildman–Crippen LogP) is 3.13. The predicted molar refractivity (Wildman–Crippen MR) is 58.5 cm³/mol. The lowest BCUT2D eigenvalue weighted by atomic mass is 9.92. The second-order valence-corrected chi connectivity index (χ2v) is 4.95. The largest absolute Gasteiger partial charge is 0.345 e. The summed E-state index contributed by atoms with van der Waals surface area (Å²) in [4.78, 5) is 11.2. The highest BCUT2D eigenvalue weighted by Crippen LogP contribution is 2.20. The molecule has 0 atom stereocenters. The molecule has 0 bridgehead atoms. The first-order valence-electron chi connectivity index (χ1n) is 5.06. The Balaban J connectivity index is 2.68. The van der Waals surface area contributed by atoms with Crippen LogP contribution in [0.2, 0.25) is 0 Å². The number of carbonyl (C=O) groups is 1. The topological polar surface area (TPSA) is 22.0 Å². The molecule has 0 N–H and O–H groups in total. The van der Waals surface area contributed by atoms with Crippen LogP contribution >= 0.6 is 0 Å². The molecule has 1 rings (SSSR count). The Morgan fingerprint density at radius 2 is 2.07 bits per heavy atom. The van der Waals surface area contributed by atoms with Gasteiger partial charge >= 0.3 is 0 Å². The number of hydrogen-bond acceptors (Lipinski definition) is 1. The van der Waals surface area contributed by atoms with E-state index < -0.39 is 0 Å². The molecule has 0 aliphatic heterocycles. The van der Waals surface area contributed by atoms with E-state index in [4.69, 9.17) is 0 Å². The van der Waals surface area contributed by atoms with Crippen molar-refractivity contribution in [2.24, 2.45) is 5.41 Å². The third kappa shape index (κ3) is 3.02. The Morgan fingerprint density at radius 3 is 2.57 bits per heavy atom. The van der Waals surface area contributed by atoms with Gasteiger partial charge in [0.2, 0.25) is 0 Å². The van der Waals surface area contributed by atoms with Crippen molar-refractivity contribution in [3.8, 4) is 0 Å². The van der Waals surface area contributed by atoms with E-state index in [-0.39, 0.29) is 5.78 Å². The van der Waals surface area contributed by atoms with Crippen LogP contribution in [0.25, 0.3) is 0 Å². The lowest BCUT2D eigenvalue weighted by molar-refractivity contribution is 0.100. The lowest BCUT2D eigenvalue weighted by Crippen LogP contribution is -2.12. The summed E-state index contributed by atoms with van der Waals surface area (Å²) in [5, 5.41) is 0. The third-order valence-electron chi connectivity index (χ3n) is 2.29. The van der Waals surface area contributed by atoms with Crippen molar-refractivity contribution >= 4 is 5.78 Å². The van der Waals surface area contributed by atoms with Gasteiger partial charge < -0.3 is 4.57 Å². The monoisotopic (exact) mass is 193 g/mol. The minimum atomic E-state index is 0.143. The number of aromatic nitrogens is 1. The third-order valence-corrected chi connectivity index (χ3v) is 2.29. The first-order valence-corrected chi connectivity index (χ1v) is 5.06. The van der Waals surface area contributed by atoms with E-state index in [0.717, 1.165) is 18.7 Å². The lowest BCUT2D eigenvalue weighted by Gasteiger charge is -2.19. The zero-order chi connectivity index (χ0) is 10.8. The molecule has 1 aromatic rings. The zero-order valence-corrected chi connectivity index (χ0v) is 9.50. The molecule has 14 heavy (non-hydrogen) atoms. The molecule has 0 amide bonds. The molecule has 0 radical (unpaired) electrons. The van der Waals surface area contributed by atoms with E-state index in [1.807, 2.05) is 22.9 Å². The standard InChI is InChI=1S/C12H19NO/c1-10(14)11-6-5-8-13(11)9-7-12(2,3)4/h5-6,8H,7,9H2,1-4H3. The van der Waals surface area contributed by atoms with E-state index in [1.165, 1.54) is 0 Å². The van der Waals surface area contributed by atoms with Crippen molar-refractivity contribution in [2.45, 2.75) is 40.7 Å². The number of Topliss-reactive ketones (excluding diaryl/α,β-unsaturated/α-hetero) is 1.